The first-order valence-electron chi connectivity index (χ1n) is 7.53. The van der Waals surface area contributed by atoms with Crippen LogP contribution in [0.2, 0.25) is 0 Å². The van der Waals surface area contributed by atoms with Crippen LogP contribution in [0.15, 0.2) is 53.1 Å². The van der Waals surface area contributed by atoms with Crippen molar-refractivity contribution in [1.29, 1.82) is 0 Å². The fourth-order valence-electron chi connectivity index (χ4n) is 2.65. The number of hydrogen-bond donors (Lipinski definition) is 4. The van der Waals surface area contributed by atoms with E-state index in [2.05, 4.69) is 26.2 Å². The molecule has 0 saturated heterocycles. The number of hydrogen-bond acceptors (Lipinski definition) is 3. The molecule has 0 aliphatic rings. The van der Waals surface area contributed by atoms with Gasteiger partial charge in [0.05, 0.1) is 5.56 Å². The predicted molar refractivity (Wildman–Crippen MR) is 96.7 cm³/mol. The number of aromatic nitrogens is 1. The standard InChI is InChI=1S/C18H15BrN2O4/c19-11-5-6-13(16(22)8-11)17(23)21-15(18(24)25)7-10-9-20-14-4-2-1-3-12(10)14/h1-6,8-9,15,20,22H,7H2,(H,21,23)(H,24,25)/t15-/m0/s1. The quantitative estimate of drug-likeness (QED) is 0.526. The number of carbonyl (C=O) groups excluding carboxylic acids is 1. The van der Waals surface area contributed by atoms with E-state index in [1.54, 1.807) is 12.3 Å². The summed E-state index contributed by atoms with van der Waals surface area (Å²) in [7, 11) is 0. The molecule has 0 radical (unpaired) electrons. The number of benzene rings is 2. The maximum absolute atomic E-state index is 12.3. The first-order valence-corrected chi connectivity index (χ1v) is 8.32. The molecule has 1 heterocycles. The summed E-state index contributed by atoms with van der Waals surface area (Å²) >= 11 is 3.19. The summed E-state index contributed by atoms with van der Waals surface area (Å²) in [5, 5.41) is 22.7. The van der Waals surface area contributed by atoms with Crippen molar-refractivity contribution < 1.29 is 19.8 Å². The van der Waals surface area contributed by atoms with Gasteiger partial charge in [-0.3, -0.25) is 4.79 Å². The highest BCUT2D eigenvalue weighted by Crippen LogP contribution is 2.23. The first-order chi connectivity index (χ1) is 12.0. The third kappa shape index (κ3) is 3.66. The number of aliphatic carboxylic acids is 1. The molecule has 4 N–H and O–H groups in total. The van der Waals surface area contributed by atoms with E-state index in [9.17, 15) is 19.8 Å². The van der Waals surface area contributed by atoms with Gasteiger partial charge in [-0.1, -0.05) is 34.1 Å². The number of nitrogens with one attached hydrogen (secondary N) is 2. The third-order valence-corrected chi connectivity index (χ3v) is 4.40. The number of aromatic hydroxyl groups is 1. The molecule has 1 aromatic heterocycles. The molecule has 128 valence electrons. The lowest BCUT2D eigenvalue weighted by Gasteiger charge is -2.15. The van der Waals surface area contributed by atoms with Crippen molar-refractivity contribution in [2.45, 2.75) is 12.5 Å². The molecular formula is C18H15BrN2O4. The molecule has 3 rings (SSSR count). The zero-order chi connectivity index (χ0) is 18.0. The number of halogens is 1. The van der Waals surface area contributed by atoms with E-state index in [0.29, 0.717) is 4.47 Å². The zero-order valence-corrected chi connectivity index (χ0v) is 14.6. The van der Waals surface area contributed by atoms with Crippen LogP contribution in [0, 0.1) is 0 Å². The number of carbonyl (C=O) groups is 2. The smallest absolute Gasteiger partial charge is 0.326 e. The van der Waals surface area contributed by atoms with Crippen molar-refractivity contribution in [3.05, 3.63) is 64.3 Å². The molecule has 7 heteroatoms. The number of phenols is 1. The Hall–Kier alpha value is -2.80. The molecule has 2 aromatic carbocycles. The van der Waals surface area contributed by atoms with E-state index in [1.807, 2.05) is 24.3 Å². The molecule has 0 aliphatic heterocycles. The molecule has 0 saturated carbocycles. The van der Waals surface area contributed by atoms with Crippen LogP contribution in [-0.2, 0) is 11.2 Å². The molecule has 0 spiro atoms. The molecular weight excluding hydrogens is 388 g/mol. The Labute approximate surface area is 151 Å². The molecule has 3 aromatic rings. The van der Waals surface area contributed by atoms with Crippen LogP contribution >= 0.6 is 15.9 Å². The van der Waals surface area contributed by atoms with Gasteiger partial charge in [-0.15, -0.1) is 0 Å². The zero-order valence-electron chi connectivity index (χ0n) is 13.0. The number of H-pyrrole nitrogens is 1. The minimum atomic E-state index is -1.14. The Balaban J connectivity index is 1.82. The lowest BCUT2D eigenvalue weighted by Crippen LogP contribution is -2.42. The van der Waals surface area contributed by atoms with E-state index >= 15 is 0 Å². The maximum Gasteiger partial charge on any atom is 0.326 e. The molecule has 1 atom stereocenters. The van der Waals surface area contributed by atoms with Crippen molar-refractivity contribution in [2.75, 3.05) is 0 Å². The number of amides is 1. The summed E-state index contributed by atoms with van der Waals surface area (Å²) in [4.78, 5) is 27.0. The topological polar surface area (TPSA) is 102 Å². The van der Waals surface area contributed by atoms with Gasteiger partial charge in [-0.2, -0.15) is 0 Å². The Bertz CT molecular complexity index is 951. The molecule has 1 amide bonds. The second-order valence-corrected chi connectivity index (χ2v) is 6.51. The second-order valence-electron chi connectivity index (χ2n) is 5.59. The van der Waals surface area contributed by atoms with Crippen molar-refractivity contribution >= 4 is 38.7 Å². The van der Waals surface area contributed by atoms with Crippen LogP contribution in [0.3, 0.4) is 0 Å². The molecule has 0 bridgehead atoms. The Morgan fingerprint density at radius 2 is 1.96 bits per heavy atom. The molecule has 0 unspecified atom stereocenters. The van der Waals surface area contributed by atoms with E-state index in [-0.39, 0.29) is 17.7 Å². The van der Waals surface area contributed by atoms with Gasteiger partial charge in [0.25, 0.3) is 5.91 Å². The Kier molecular flexibility index (Phi) is 4.76. The lowest BCUT2D eigenvalue weighted by atomic mass is 10.0. The van der Waals surface area contributed by atoms with E-state index < -0.39 is 17.9 Å². The fraction of sp³-hybridized carbons (Fsp3) is 0.111. The summed E-state index contributed by atoms with van der Waals surface area (Å²) in [5.74, 6) is -2.00. The average molecular weight is 403 g/mol. The third-order valence-electron chi connectivity index (χ3n) is 3.91. The monoisotopic (exact) mass is 402 g/mol. The van der Waals surface area contributed by atoms with Crippen LogP contribution in [-0.4, -0.2) is 33.1 Å². The summed E-state index contributed by atoms with van der Waals surface area (Å²) < 4.78 is 0.620. The summed E-state index contributed by atoms with van der Waals surface area (Å²) in [6.45, 7) is 0. The number of carboxylic acid groups (broad SMARTS) is 1. The van der Waals surface area contributed by atoms with E-state index in [1.165, 1.54) is 12.1 Å². The Morgan fingerprint density at radius 3 is 2.68 bits per heavy atom. The summed E-state index contributed by atoms with van der Waals surface area (Å²) in [6, 6.07) is 10.8. The van der Waals surface area contributed by atoms with Gasteiger partial charge in [0.15, 0.2) is 0 Å². The normalized spacial score (nSPS) is 12.0. The van der Waals surface area contributed by atoms with Gasteiger partial charge in [-0.05, 0) is 29.8 Å². The van der Waals surface area contributed by atoms with Crippen LogP contribution in [0.25, 0.3) is 10.9 Å². The van der Waals surface area contributed by atoms with Gasteiger partial charge >= 0.3 is 5.97 Å². The summed E-state index contributed by atoms with van der Waals surface area (Å²) in [6.07, 6.45) is 1.87. The van der Waals surface area contributed by atoms with Crippen LogP contribution in [0.4, 0.5) is 0 Å². The highest BCUT2D eigenvalue weighted by Gasteiger charge is 2.23. The summed E-state index contributed by atoms with van der Waals surface area (Å²) in [5.41, 5.74) is 1.72. The number of rotatable bonds is 5. The second kappa shape index (κ2) is 6.98. The molecule has 6 nitrogen and oxygen atoms in total. The largest absolute Gasteiger partial charge is 0.507 e. The molecule has 0 aliphatic carbocycles. The van der Waals surface area contributed by atoms with Crippen LogP contribution in [0.1, 0.15) is 15.9 Å². The van der Waals surface area contributed by atoms with Crippen molar-refractivity contribution in [3.63, 3.8) is 0 Å². The van der Waals surface area contributed by atoms with Gasteiger partial charge in [0, 0.05) is 28.0 Å². The van der Waals surface area contributed by atoms with Gasteiger partial charge in [0.1, 0.15) is 11.8 Å². The molecule has 0 fully saturated rings. The SMILES string of the molecule is O=C(N[C@@H](Cc1c[nH]c2ccccc12)C(=O)O)c1ccc(Br)cc1O. The predicted octanol–water partition coefficient (Wildman–Crippen LogP) is 3.06. The number of para-hydroxylation sites is 1. The number of fused-ring (bicyclic) bond motifs is 1. The highest BCUT2D eigenvalue weighted by molar-refractivity contribution is 9.10. The maximum atomic E-state index is 12.3. The van der Waals surface area contributed by atoms with Crippen molar-refractivity contribution in [1.82, 2.24) is 10.3 Å². The van der Waals surface area contributed by atoms with Crippen LogP contribution < -0.4 is 5.32 Å². The van der Waals surface area contributed by atoms with Crippen LogP contribution in [0.5, 0.6) is 5.75 Å². The average Bonchev–Trinajstić information content (AvgIpc) is 2.97. The number of carboxylic acids is 1. The van der Waals surface area contributed by atoms with E-state index in [4.69, 9.17) is 0 Å². The van der Waals surface area contributed by atoms with Gasteiger partial charge in [0.2, 0.25) is 0 Å². The first kappa shape index (κ1) is 17.0. The number of phenolic OH excluding ortho intramolecular Hbond substituents is 1. The fourth-order valence-corrected chi connectivity index (χ4v) is 3.00. The minimum Gasteiger partial charge on any atom is -0.507 e. The molecule has 25 heavy (non-hydrogen) atoms. The van der Waals surface area contributed by atoms with E-state index in [0.717, 1.165) is 16.5 Å². The van der Waals surface area contributed by atoms with Crippen molar-refractivity contribution in [3.8, 4) is 5.75 Å². The lowest BCUT2D eigenvalue weighted by molar-refractivity contribution is -0.139. The Morgan fingerprint density at radius 1 is 1.20 bits per heavy atom. The van der Waals surface area contributed by atoms with Gasteiger partial charge in [-0.25, -0.2) is 4.79 Å². The number of aromatic amines is 1. The highest BCUT2D eigenvalue weighted by atomic mass is 79.9. The minimum absolute atomic E-state index is 0.0216. The van der Waals surface area contributed by atoms with Gasteiger partial charge < -0.3 is 20.5 Å². The van der Waals surface area contributed by atoms with Crippen molar-refractivity contribution in [2.24, 2.45) is 0 Å².